The molecule has 0 saturated carbocycles. The lowest BCUT2D eigenvalue weighted by atomic mass is 10.3. The summed E-state index contributed by atoms with van der Waals surface area (Å²) in [5.41, 5.74) is 0. The lowest BCUT2D eigenvalue weighted by Gasteiger charge is -2.07. The fourth-order valence-electron chi connectivity index (χ4n) is 1.18. The summed E-state index contributed by atoms with van der Waals surface area (Å²) < 4.78 is 10.7. The molecule has 1 rings (SSSR count). The molecule has 0 aliphatic rings. The Bertz CT molecular complexity index is 256. The van der Waals surface area contributed by atoms with Gasteiger partial charge in [-0.05, 0) is 12.1 Å². The van der Waals surface area contributed by atoms with E-state index in [1.807, 2.05) is 30.3 Å². The second kappa shape index (κ2) is 9.46. The molecule has 3 nitrogen and oxygen atoms in total. The van der Waals surface area contributed by atoms with Crippen LogP contribution in [0.5, 0.6) is 5.75 Å². The Labute approximate surface area is 102 Å². The van der Waals surface area contributed by atoms with Crippen LogP contribution in [0.3, 0.4) is 0 Å². The summed E-state index contributed by atoms with van der Waals surface area (Å²) in [7, 11) is 0. The maximum Gasteiger partial charge on any atom is 0.119 e. The maximum absolute atomic E-state index is 5.51. The number of ether oxygens (including phenoxy) is 2. The van der Waals surface area contributed by atoms with Gasteiger partial charge in [0, 0.05) is 19.0 Å². The molecular formula is C12H18ClNO2. The second-order valence-corrected chi connectivity index (χ2v) is 3.59. The zero-order valence-corrected chi connectivity index (χ0v) is 10.1. The molecule has 0 amide bonds. The molecular weight excluding hydrogens is 226 g/mol. The Hall–Kier alpha value is -0.770. The topological polar surface area (TPSA) is 30.5 Å². The number of nitrogens with one attached hydrogen (secondary N) is 1. The van der Waals surface area contributed by atoms with E-state index in [0.717, 1.165) is 18.8 Å². The fraction of sp³-hybridized carbons (Fsp3) is 0.500. The molecule has 0 bridgehead atoms. The summed E-state index contributed by atoms with van der Waals surface area (Å²) in [6, 6.07) is 9.79. The van der Waals surface area contributed by atoms with Crippen LogP contribution in [0, 0.1) is 0 Å². The molecule has 0 saturated heterocycles. The second-order valence-electron chi connectivity index (χ2n) is 3.21. The zero-order chi connectivity index (χ0) is 11.5. The summed E-state index contributed by atoms with van der Waals surface area (Å²) in [5, 5.41) is 3.22. The molecule has 0 aliphatic carbocycles. The molecule has 0 heterocycles. The van der Waals surface area contributed by atoms with Gasteiger partial charge >= 0.3 is 0 Å². The van der Waals surface area contributed by atoms with Crippen LogP contribution in [0.1, 0.15) is 0 Å². The highest BCUT2D eigenvalue weighted by Gasteiger charge is 1.91. The molecule has 0 aliphatic heterocycles. The van der Waals surface area contributed by atoms with Crippen molar-refractivity contribution in [3.05, 3.63) is 30.3 Å². The van der Waals surface area contributed by atoms with Gasteiger partial charge in [-0.2, -0.15) is 0 Å². The van der Waals surface area contributed by atoms with Crippen LogP contribution in [-0.4, -0.2) is 38.8 Å². The van der Waals surface area contributed by atoms with Gasteiger partial charge in [0.1, 0.15) is 12.4 Å². The number of halogens is 1. The van der Waals surface area contributed by atoms with Gasteiger partial charge < -0.3 is 14.8 Å². The van der Waals surface area contributed by atoms with E-state index in [4.69, 9.17) is 21.1 Å². The van der Waals surface area contributed by atoms with Gasteiger partial charge in [-0.1, -0.05) is 18.2 Å². The predicted molar refractivity (Wildman–Crippen MR) is 66.3 cm³/mol. The van der Waals surface area contributed by atoms with Crippen LogP contribution in [0.2, 0.25) is 0 Å². The minimum atomic E-state index is 0.553. The van der Waals surface area contributed by atoms with E-state index in [2.05, 4.69) is 5.32 Å². The van der Waals surface area contributed by atoms with E-state index < -0.39 is 0 Å². The van der Waals surface area contributed by atoms with Crippen LogP contribution >= 0.6 is 11.6 Å². The first-order chi connectivity index (χ1) is 7.93. The van der Waals surface area contributed by atoms with E-state index in [-0.39, 0.29) is 0 Å². The van der Waals surface area contributed by atoms with Crippen molar-refractivity contribution >= 4 is 11.6 Å². The SMILES string of the molecule is ClCCOCCNCCOc1ccccc1. The summed E-state index contributed by atoms with van der Waals surface area (Å²) in [6.45, 7) is 3.62. The first-order valence-corrected chi connectivity index (χ1v) is 5.99. The van der Waals surface area contributed by atoms with Crippen LogP contribution in [-0.2, 0) is 4.74 Å². The third-order valence-corrected chi connectivity index (χ3v) is 2.09. The maximum atomic E-state index is 5.51. The van der Waals surface area contributed by atoms with Crippen LogP contribution in [0.25, 0.3) is 0 Å². The third-order valence-electron chi connectivity index (χ3n) is 1.94. The molecule has 0 atom stereocenters. The van der Waals surface area contributed by atoms with Crippen molar-refractivity contribution in [1.82, 2.24) is 5.32 Å². The first-order valence-electron chi connectivity index (χ1n) is 5.46. The number of hydrogen-bond donors (Lipinski definition) is 1. The summed E-state index contributed by atoms with van der Waals surface area (Å²) in [5.74, 6) is 1.46. The molecule has 4 heteroatoms. The van der Waals surface area contributed by atoms with Gasteiger partial charge in [-0.3, -0.25) is 0 Å². The molecule has 1 aromatic rings. The highest BCUT2D eigenvalue weighted by Crippen LogP contribution is 2.07. The largest absolute Gasteiger partial charge is 0.492 e. The Balaban J connectivity index is 1.89. The smallest absolute Gasteiger partial charge is 0.119 e. The Kier molecular flexibility index (Phi) is 7.86. The monoisotopic (exact) mass is 243 g/mol. The van der Waals surface area contributed by atoms with Gasteiger partial charge in [-0.25, -0.2) is 0 Å². The van der Waals surface area contributed by atoms with Crippen molar-refractivity contribution in [3.8, 4) is 5.75 Å². The summed E-state index contributed by atoms with van der Waals surface area (Å²) in [6.07, 6.45) is 0. The van der Waals surface area contributed by atoms with Gasteiger partial charge in [0.25, 0.3) is 0 Å². The third kappa shape index (κ3) is 6.67. The van der Waals surface area contributed by atoms with Crippen molar-refractivity contribution in [2.75, 3.05) is 38.8 Å². The zero-order valence-electron chi connectivity index (χ0n) is 9.32. The highest BCUT2D eigenvalue weighted by atomic mass is 35.5. The molecule has 0 spiro atoms. The molecule has 0 aromatic heterocycles. The molecule has 0 radical (unpaired) electrons. The number of para-hydroxylation sites is 1. The number of hydrogen-bond acceptors (Lipinski definition) is 3. The average Bonchev–Trinajstić information content (AvgIpc) is 2.34. The lowest BCUT2D eigenvalue weighted by molar-refractivity contribution is 0.150. The van der Waals surface area contributed by atoms with E-state index in [1.54, 1.807) is 0 Å². The highest BCUT2D eigenvalue weighted by molar-refractivity contribution is 6.17. The van der Waals surface area contributed by atoms with Crippen LogP contribution in [0.15, 0.2) is 30.3 Å². The molecule has 0 fully saturated rings. The Morgan fingerprint density at radius 3 is 2.50 bits per heavy atom. The van der Waals surface area contributed by atoms with Crippen molar-refractivity contribution in [1.29, 1.82) is 0 Å². The predicted octanol–water partition coefficient (Wildman–Crippen LogP) is 1.91. The summed E-state index contributed by atoms with van der Waals surface area (Å²) >= 11 is 5.47. The number of alkyl halides is 1. The van der Waals surface area contributed by atoms with E-state index in [0.29, 0.717) is 25.7 Å². The first kappa shape index (κ1) is 13.3. The quantitative estimate of drug-likeness (QED) is 0.531. The van der Waals surface area contributed by atoms with Crippen molar-refractivity contribution in [2.24, 2.45) is 0 Å². The molecule has 90 valence electrons. The fourth-order valence-corrected chi connectivity index (χ4v) is 1.29. The van der Waals surface area contributed by atoms with E-state index in [9.17, 15) is 0 Å². The van der Waals surface area contributed by atoms with E-state index >= 15 is 0 Å². The molecule has 0 unspecified atom stereocenters. The van der Waals surface area contributed by atoms with Crippen LogP contribution in [0.4, 0.5) is 0 Å². The normalized spacial score (nSPS) is 10.3. The van der Waals surface area contributed by atoms with Crippen molar-refractivity contribution in [2.45, 2.75) is 0 Å². The lowest BCUT2D eigenvalue weighted by Crippen LogP contribution is -2.25. The average molecular weight is 244 g/mol. The van der Waals surface area contributed by atoms with Crippen LogP contribution < -0.4 is 10.1 Å². The Morgan fingerprint density at radius 1 is 1.00 bits per heavy atom. The van der Waals surface area contributed by atoms with Gasteiger partial charge in [0.15, 0.2) is 0 Å². The van der Waals surface area contributed by atoms with Gasteiger partial charge in [0.05, 0.1) is 13.2 Å². The van der Waals surface area contributed by atoms with E-state index in [1.165, 1.54) is 0 Å². The van der Waals surface area contributed by atoms with Gasteiger partial charge in [0.2, 0.25) is 0 Å². The summed E-state index contributed by atoms with van der Waals surface area (Å²) in [4.78, 5) is 0. The molecule has 16 heavy (non-hydrogen) atoms. The standard InChI is InChI=1S/C12H18ClNO2/c13-6-9-15-10-7-14-8-11-16-12-4-2-1-3-5-12/h1-5,14H,6-11H2. The Morgan fingerprint density at radius 2 is 1.75 bits per heavy atom. The van der Waals surface area contributed by atoms with Gasteiger partial charge in [-0.15, -0.1) is 11.6 Å². The number of rotatable bonds is 9. The van der Waals surface area contributed by atoms with Crippen molar-refractivity contribution < 1.29 is 9.47 Å². The minimum absolute atomic E-state index is 0.553. The number of benzene rings is 1. The minimum Gasteiger partial charge on any atom is -0.492 e. The van der Waals surface area contributed by atoms with Crippen molar-refractivity contribution in [3.63, 3.8) is 0 Å². The molecule has 1 N–H and O–H groups in total. The molecule has 1 aromatic carbocycles.